The van der Waals surface area contributed by atoms with Crippen molar-refractivity contribution in [3.8, 4) is 11.1 Å². The van der Waals surface area contributed by atoms with Crippen molar-refractivity contribution < 1.29 is 4.79 Å². The number of carbonyl (C=O) groups excluding carboxylic acids is 1. The summed E-state index contributed by atoms with van der Waals surface area (Å²) in [4.78, 5) is 40.7. The quantitative estimate of drug-likeness (QED) is 0.382. The minimum absolute atomic E-state index is 0.246. The number of anilines is 2. The summed E-state index contributed by atoms with van der Waals surface area (Å²) >= 11 is 1.35. The molecule has 0 bridgehead atoms. The molecule has 0 saturated carbocycles. The summed E-state index contributed by atoms with van der Waals surface area (Å²) in [5.41, 5.74) is 3.31. The zero-order valence-corrected chi connectivity index (χ0v) is 17.6. The Morgan fingerprint density at radius 2 is 1.84 bits per heavy atom. The standard InChI is InChI=1S/C25H17N3O3S/c29-22-13-19(23(22)30)15-4-3-5-17(12-15)28-25(31)24-21(9-11-32-24)27-14-16-8-10-26-20-7-2-1-6-18(16)20/h1-13,27H,14H2,(H,28,31). The van der Waals surface area contributed by atoms with Gasteiger partial charge in [0, 0.05) is 35.4 Å². The third-order valence-corrected chi connectivity index (χ3v) is 6.17. The number of nitrogens with one attached hydrogen (secondary N) is 2. The molecule has 2 heterocycles. The normalized spacial score (nSPS) is 11.0. The van der Waals surface area contributed by atoms with Gasteiger partial charge in [-0.05, 0) is 46.8 Å². The number of nitrogens with zero attached hydrogens (tertiary/aromatic N) is 1. The summed E-state index contributed by atoms with van der Waals surface area (Å²) in [6, 6.07) is 20.0. The van der Waals surface area contributed by atoms with E-state index in [9.17, 15) is 14.4 Å². The fourth-order valence-corrected chi connectivity index (χ4v) is 4.37. The molecule has 0 aliphatic rings. The van der Waals surface area contributed by atoms with Crippen LogP contribution in [0.1, 0.15) is 15.2 Å². The Kier molecular flexibility index (Phi) is 5.09. The Balaban J connectivity index is 1.32. The van der Waals surface area contributed by atoms with Crippen LogP contribution in [0.3, 0.4) is 0 Å². The first kappa shape index (κ1) is 19.8. The molecule has 5 aromatic rings. The van der Waals surface area contributed by atoms with Crippen LogP contribution in [0, 0.1) is 0 Å². The molecular weight excluding hydrogens is 422 g/mol. The van der Waals surface area contributed by atoms with Crippen molar-refractivity contribution in [1.29, 1.82) is 0 Å². The third-order valence-electron chi connectivity index (χ3n) is 5.26. The van der Waals surface area contributed by atoms with E-state index in [0.717, 1.165) is 22.2 Å². The van der Waals surface area contributed by atoms with Crippen LogP contribution in [0.5, 0.6) is 0 Å². The highest BCUT2D eigenvalue weighted by Crippen LogP contribution is 2.26. The first-order valence-corrected chi connectivity index (χ1v) is 10.8. The number of benzene rings is 2. The third kappa shape index (κ3) is 3.70. The van der Waals surface area contributed by atoms with Crippen molar-refractivity contribution in [2.75, 3.05) is 10.6 Å². The number of thiophene rings is 1. The van der Waals surface area contributed by atoms with E-state index in [2.05, 4.69) is 15.6 Å². The molecule has 32 heavy (non-hydrogen) atoms. The molecule has 0 radical (unpaired) electrons. The van der Waals surface area contributed by atoms with E-state index in [-0.39, 0.29) is 5.91 Å². The number of carbonyl (C=O) groups is 1. The monoisotopic (exact) mass is 439 g/mol. The molecule has 0 atom stereocenters. The lowest BCUT2D eigenvalue weighted by Gasteiger charge is -2.11. The number of hydrogen-bond donors (Lipinski definition) is 2. The lowest BCUT2D eigenvalue weighted by Crippen LogP contribution is -2.30. The van der Waals surface area contributed by atoms with E-state index in [1.807, 2.05) is 41.8 Å². The van der Waals surface area contributed by atoms with Crippen LogP contribution >= 0.6 is 11.3 Å². The summed E-state index contributed by atoms with van der Waals surface area (Å²) < 4.78 is 0. The van der Waals surface area contributed by atoms with Gasteiger partial charge in [0.15, 0.2) is 0 Å². The number of fused-ring (bicyclic) bond motifs is 1. The topological polar surface area (TPSA) is 88.2 Å². The molecule has 0 unspecified atom stereocenters. The Morgan fingerprint density at radius 3 is 2.69 bits per heavy atom. The van der Waals surface area contributed by atoms with Gasteiger partial charge in [0.1, 0.15) is 4.88 Å². The largest absolute Gasteiger partial charge is 0.380 e. The summed E-state index contributed by atoms with van der Waals surface area (Å²) in [6.45, 7) is 0.555. The van der Waals surface area contributed by atoms with Crippen LogP contribution in [0.25, 0.3) is 22.0 Å². The molecule has 0 saturated heterocycles. The molecule has 2 aromatic heterocycles. The zero-order chi connectivity index (χ0) is 22.1. The highest BCUT2D eigenvalue weighted by molar-refractivity contribution is 7.12. The fraction of sp³-hybridized carbons (Fsp3) is 0.0400. The highest BCUT2D eigenvalue weighted by Gasteiger charge is 2.16. The van der Waals surface area contributed by atoms with E-state index in [1.54, 1.807) is 30.5 Å². The van der Waals surface area contributed by atoms with Crippen molar-refractivity contribution in [3.63, 3.8) is 0 Å². The van der Waals surface area contributed by atoms with Gasteiger partial charge < -0.3 is 10.6 Å². The van der Waals surface area contributed by atoms with Crippen molar-refractivity contribution in [3.05, 3.63) is 109 Å². The van der Waals surface area contributed by atoms with Crippen LogP contribution in [0.4, 0.5) is 11.4 Å². The molecule has 0 aliphatic carbocycles. The second-order valence-corrected chi connectivity index (χ2v) is 8.21. The molecule has 2 N–H and O–H groups in total. The van der Waals surface area contributed by atoms with Gasteiger partial charge in [-0.1, -0.05) is 30.3 Å². The fourth-order valence-electron chi connectivity index (χ4n) is 3.61. The van der Waals surface area contributed by atoms with E-state index in [0.29, 0.717) is 28.2 Å². The molecule has 0 aliphatic heterocycles. The molecule has 0 spiro atoms. The average Bonchev–Trinajstić information content (AvgIpc) is 3.30. The highest BCUT2D eigenvalue weighted by atomic mass is 32.1. The summed E-state index contributed by atoms with van der Waals surface area (Å²) in [6.07, 6.45) is 1.78. The number of para-hydroxylation sites is 1. The number of aromatic nitrogens is 1. The van der Waals surface area contributed by atoms with Gasteiger partial charge in [-0.15, -0.1) is 11.3 Å². The molecule has 7 heteroatoms. The van der Waals surface area contributed by atoms with Crippen molar-refractivity contribution in [2.24, 2.45) is 0 Å². The van der Waals surface area contributed by atoms with Gasteiger partial charge >= 0.3 is 0 Å². The predicted molar refractivity (Wildman–Crippen MR) is 128 cm³/mol. The second kappa shape index (κ2) is 8.20. The van der Waals surface area contributed by atoms with E-state index >= 15 is 0 Å². The van der Waals surface area contributed by atoms with Crippen LogP contribution < -0.4 is 21.5 Å². The maximum atomic E-state index is 12.9. The first-order valence-electron chi connectivity index (χ1n) is 9.96. The lowest BCUT2D eigenvalue weighted by molar-refractivity contribution is 0.103. The van der Waals surface area contributed by atoms with E-state index in [1.165, 1.54) is 17.4 Å². The Bertz CT molecular complexity index is 1520. The molecule has 5 rings (SSSR count). The molecule has 0 fully saturated rings. The van der Waals surface area contributed by atoms with Gasteiger partial charge in [0.2, 0.25) is 10.9 Å². The van der Waals surface area contributed by atoms with E-state index in [4.69, 9.17) is 0 Å². The Morgan fingerprint density at radius 1 is 0.969 bits per heavy atom. The van der Waals surface area contributed by atoms with Crippen molar-refractivity contribution in [1.82, 2.24) is 4.98 Å². The number of rotatable bonds is 6. The lowest BCUT2D eigenvalue weighted by atomic mass is 10.0. The van der Waals surface area contributed by atoms with Crippen molar-refractivity contribution >= 4 is 39.5 Å². The molecule has 3 aromatic carbocycles. The van der Waals surface area contributed by atoms with Gasteiger partial charge in [-0.2, -0.15) is 0 Å². The number of amides is 1. The van der Waals surface area contributed by atoms with Crippen LogP contribution in [0.15, 0.2) is 87.9 Å². The molecule has 1 amide bonds. The minimum Gasteiger partial charge on any atom is -0.380 e. The first-order chi connectivity index (χ1) is 15.6. The molecule has 156 valence electrons. The maximum absolute atomic E-state index is 12.9. The van der Waals surface area contributed by atoms with Crippen LogP contribution in [-0.2, 0) is 6.54 Å². The number of hydrogen-bond acceptors (Lipinski definition) is 6. The van der Waals surface area contributed by atoms with E-state index < -0.39 is 10.9 Å². The second-order valence-electron chi connectivity index (χ2n) is 7.29. The molecular formula is C25H17N3O3S. The minimum atomic E-state index is -0.498. The smallest absolute Gasteiger partial charge is 0.267 e. The summed E-state index contributed by atoms with van der Waals surface area (Å²) in [5.74, 6) is -0.246. The van der Waals surface area contributed by atoms with Crippen LogP contribution in [-0.4, -0.2) is 10.9 Å². The van der Waals surface area contributed by atoms with Gasteiger partial charge in [-0.3, -0.25) is 19.4 Å². The van der Waals surface area contributed by atoms with Gasteiger partial charge in [0.05, 0.1) is 11.2 Å². The van der Waals surface area contributed by atoms with Gasteiger partial charge in [-0.25, -0.2) is 0 Å². The summed E-state index contributed by atoms with van der Waals surface area (Å²) in [7, 11) is 0. The van der Waals surface area contributed by atoms with Crippen molar-refractivity contribution in [2.45, 2.75) is 6.54 Å². The maximum Gasteiger partial charge on any atom is 0.267 e. The Hall–Kier alpha value is -4.10. The molecule has 6 nitrogen and oxygen atoms in total. The van der Waals surface area contributed by atoms with Gasteiger partial charge in [0.25, 0.3) is 5.91 Å². The summed E-state index contributed by atoms with van der Waals surface area (Å²) in [5, 5.41) is 9.17. The van der Waals surface area contributed by atoms with Crippen LogP contribution in [0.2, 0.25) is 0 Å². The SMILES string of the molecule is O=C(Nc1cccc(-c2cc(=O)c2=O)c1)c1sccc1NCc1ccnc2ccccc12. The predicted octanol–water partition coefficient (Wildman–Crippen LogP) is 4.42. The number of pyridine rings is 1. The Labute approximate surface area is 186 Å². The average molecular weight is 439 g/mol. The zero-order valence-electron chi connectivity index (χ0n) is 16.8.